The van der Waals surface area contributed by atoms with Crippen molar-refractivity contribution in [2.24, 2.45) is 16.3 Å². The number of aliphatic imine (C=N–C) groups is 1. The van der Waals surface area contributed by atoms with Crippen LogP contribution in [0, 0.1) is 25.2 Å². The van der Waals surface area contributed by atoms with E-state index in [0.717, 1.165) is 43.7 Å². The summed E-state index contributed by atoms with van der Waals surface area (Å²) in [6.07, 6.45) is -0.0891. The summed E-state index contributed by atoms with van der Waals surface area (Å²) >= 11 is 1.68. The molecular formula is C32H39N5O3SSi. The average molecular weight is 602 g/mol. The largest absolute Gasteiger partial charge is 0.481 e. The van der Waals surface area contributed by atoms with Gasteiger partial charge in [0.2, 0.25) is 0 Å². The molecule has 2 N–H and O–H groups in total. The molecule has 0 fully saturated rings. The van der Waals surface area contributed by atoms with Crippen molar-refractivity contribution in [1.29, 1.82) is 0 Å². The number of hydrogen-bond acceptors (Lipinski definition) is 7. The maximum Gasteiger partial charge on any atom is 0.308 e. The summed E-state index contributed by atoms with van der Waals surface area (Å²) in [7, 11) is -1.37. The van der Waals surface area contributed by atoms with Gasteiger partial charge in [-0.1, -0.05) is 51.1 Å². The third-order valence-corrected chi connectivity index (χ3v) is 9.64. The number of aryl methyl sites for hydroxylation is 1. The number of thiophene rings is 1. The van der Waals surface area contributed by atoms with E-state index in [0.29, 0.717) is 11.6 Å². The van der Waals surface area contributed by atoms with E-state index in [1.165, 1.54) is 0 Å². The van der Waals surface area contributed by atoms with Gasteiger partial charge in [0.1, 0.15) is 16.9 Å². The third kappa shape index (κ3) is 5.71. The normalized spacial score (nSPS) is 16.3. The fourth-order valence-electron chi connectivity index (χ4n) is 5.30. The van der Waals surface area contributed by atoms with Crippen molar-refractivity contribution in [3.8, 4) is 5.00 Å². The number of aliphatic carboxylic acids is 1. The summed E-state index contributed by atoms with van der Waals surface area (Å²) in [5, 5.41) is 23.3. The minimum atomic E-state index is -1.37. The van der Waals surface area contributed by atoms with E-state index in [-0.39, 0.29) is 11.5 Å². The zero-order valence-electron chi connectivity index (χ0n) is 25.5. The molecule has 2 aromatic carbocycles. The van der Waals surface area contributed by atoms with Gasteiger partial charge in [-0.3, -0.25) is 14.4 Å². The molecule has 10 heteroatoms. The summed E-state index contributed by atoms with van der Waals surface area (Å²) in [5.74, 6) is -0.483. The maximum absolute atomic E-state index is 12.3. The first-order valence-electron chi connectivity index (χ1n) is 14.3. The molecule has 8 nitrogen and oxygen atoms in total. The van der Waals surface area contributed by atoms with Gasteiger partial charge >= 0.3 is 5.97 Å². The average Bonchev–Trinajstić information content (AvgIpc) is 3.42. The smallest absolute Gasteiger partial charge is 0.308 e. The lowest BCUT2D eigenvalue weighted by atomic mass is 9.86. The van der Waals surface area contributed by atoms with Crippen molar-refractivity contribution in [3.05, 3.63) is 87.8 Å². The van der Waals surface area contributed by atoms with Crippen LogP contribution in [0.5, 0.6) is 0 Å². The molecule has 0 bridgehead atoms. The number of carboxylic acid groups (broad SMARTS) is 1. The molecule has 4 aromatic rings. The second-order valence-corrected chi connectivity index (χ2v) is 15.7. The summed E-state index contributed by atoms with van der Waals surface area (Å²) in [5.41, 5.74) is 5.57. The van der Waals surface area contributed by atoms with E-state index in [2.05, 4.69) is 56.3 Å². The van der Waals surface area contributed by atoms with Crippen molar-refractivity contribution in [2.45, 2.75) is 66.8 Å². The second kappa shape index (κ2) is 11.6. The lowest BCUT2D eigenvalue weighted by Gasteiger charge is -2.32. The van der Waals surface area contributed by atoms with Gasteiger partial charge in [0.15, 0.2) is 14.9 Å². The van der Waals surface area contributed by atoms with Gasteiger partial charge in [0.05, 0.1) is 17.7 Å². The van der Waals surface area contributed by atoms with E-state index < -0.39 is 27.0 Å². The predicted molar refractivity (Wildman–Crippen MR) is 172 cm³/mol. The van der Waals surface area contributed by atoms with E-state index >= 15 is 0 Å². The third-order valence-electron chi connectivity index (χ3n) is 7.50. The highest BCUT2D eigenvalue weighted by Crippen LogP contribution is 2.47. The van der Waals surface area contributed by atoms with Crippen LogP contribution in [-0.2, 0) is 9.22 Å². The Labute approximate surface area is 253 Å². The molecule has 42 heavy (non-hydrogen) atoms. The fraction of sp³-hybridized carbons (Fsp3) is 0.375. The lowest BCUT2D eigenvalue weighted by molar-refractivity contribution is -0.141. The predicted octanol–water partition coefficient (Wildman–Crippen LogP) is 7.39. The summed E-state index contributed by atoms with van der Waals surface area (Å²) in [6.45, 7) is 16.8. The molecule has 3 atom stereocenters. The molecule has 220 valence electrons. The molecule has 0 saturated heterocycles. The van der Waals surface area contributed by atoms with E-state index in [4.69, 9.17) is 9.42 Å². The van der Waals surface area contributed by atoms with Gasteiger partial charge in [-0.25, -0.2) is 0 Å². The lowest BCUT2D eigenvalue weighted by Crippen LogP contribution is -2.26. The highest BCUT2D eigenvalue weighted by atomic mass is 32.1. The molecular weight excluding hydrogens is 563 g/mol. The number of aromatic nitrogens is 3. The van der Waals surface area contributed by atoms with Crippen LogP contribution in [0.2, 0.25) is 13.1 Å². The number of para-hydroxylation sites is 1. The Morgan fingerprint density at radius 3 is 2.29 bits per heavy atom. The fourth-order valence-corrected chi connectivity index (χ4v) is 8.14. The van der Waals surface area contributed by atoms with Crippen molar-refractivity contribution in [1.82, 2.24) is 14.8 Å². The Morgan fingerprint density at radius 1 is 1.05 bits per heavy atom. The van der Waals surface area contributed by atoms with Crippen LogP contribution < -0.4 is 5.32 Å². The SMILES string of the molecule is Cc1c(C(O[SiH](C)C)C(C)(C)C)sc2c1C(c1ccc(Nc3ccccc3)cc1)=NC([C@H](C)C(=O)O)c1nnc(C)n1-2. The van der Waals surface area contributed by atoms with Crippen LogP contribution >= 0.6 is 11.3 Å². The van der Waals surface area contributed by atoms with Crippen molar-refractivity contribution >= 4 is 43.4 Å². The van der Waals surface area contributed by atoms with Crippen LogP contribution in [0.4, 0.5) is 11.4 Å². The number of anilines is 2. The van der Waals surface area contributed by atoms with Crippen LogP contribution in [0.15, 0.2) is 59.6 Å². The van der Waals surface area contributed by atoms with Crippen molar-refractivity contribution in [3.63, 3.8) is 0 Å². The zero-order valence-corrected chi connectivity index (χ0v) is 27.4. The Bertz CT molecular complexity index is 1620. The molecule has 0 aliphatic carbocycles. The number of carboxylic acids is 1. The Kier molecular flexibility index (Phi) is 8.24. The van der Waals surface area contributed by atoms with Crippen molar-refractivity contribution < 1.29 is 14.3 Å². The molecule has 3 heterocycles. The molecule has 1 aliphatic heterocycles. The van der Waals surface area contributed by atoms with Gasteiger partial charge in [-0.2, -0.15) is 0 Å². The first-order valence-corrected chi connectivity index (χ1v) is 17.9. The molecule has 5 rings (SSSR count). The minimum absolute atomic E-state index is 0.0891. The summed E-state index contributed by atoms with van der Waals surface area (Å²) in [6, 6.07) is 17.5. The van der Waals surface area contributed by atoms with Crippen molar-refractivity contribution in [2.75, 3.05) is 5.32 Å². The number of benzene rings is 2. The number of hydrogen-bond donors (Lipinski definition) is 2. The molecule has 0 radical (unpaired) electrons. The van der Waals surface area contributed by atoms with Gasteiger partial charge < -0.3 is 14.8 Å². The van der Waals surface area contributed by atoms with Gasteiger partial charge in [0.25, 0.3) is 0 Å². The van der Waals surface area contributed by atoms with Crippen LogP contribution in [0.25, 0.3) is 5.00 Å². The minimum Gasteiger partial charge on any atom is -0.481 e. The van der Waals surface area contributed by atoms with E-state index in [9.17, 15) is 9.90 Å². The van der Waals surface area contributed by atoms with Gasteiger partial charge in [-0.05, 0) is 69.1 Å². The molecule has 1 aliphatic rings. The number of fused-ring (bicyclic) bond motifs is 3. The van der Waals surface area contributed by atoms with Crippen LogP contribution in [0.3, 0.4) is 0 Å². The molecule has 0 saturated carbocycles. The molecule has 0 amide bonds. The van der Waals surface area contributed by atoms with E-state index in [1.54, 1.807) is 18.3 Å². The molecule has 2 aromatic heterocycles. The number of carbonyl (C=O) groups is 1. The Morgan fingerprint density at radius 2 is 1.69 bits per heavy atom. The summed E-state index contributed by atoms with van der Waals surface area (Å²) in [4.78, 5) is 18.6. The van der Waals surface area contributed by atoms with Gasteiger partial charge in [-0.15, -0.1) is 21.5 Å². The second-order valence-electron chi connectivity index (χ2n) is 12.3. The number of nitrogens with zero attached hydrogens (tertiary/aromatic N) is 4. The topological polar surface area (TPSA) is 102 Å². The number of rotatable bonds is 8. The quantitative estimate of drug-likeness (QED) is 0.204. The maximum atomic E-state index is 12.3. The van der Waals surface area contributed by atoms with Crippen LogP contribution in [0.1, 0.15) is 73.1 Å². The molecule has 2 unspecified atom stereocenters. The zero-order chi connectivity index (χ0) is 30.3. The highest BCUT2D eigenvalue weighted by molar-refractivity contribution is 7.15. The summed E-state index contributed by atoms with van der Waals surface area (Å²) < 4.78 is 8.69. The molecule has 0 spiro atoms. The highest BCUT2D eigenvalue weighted by Gasteiger charge is 2.39. The van der Waals surface area contributed by atoms with Crippen LogP contribution in [-0.4, -0.2) is 40.6 Å². The van der Waals surface area contributed by atoms with Gasteiger partial charge in [0, 0.05) is 27.4 Å². The van der Waals surface area contributed by atoms with E-state index in [1.807, 2.05) is 66.1 Å². The first-order chi connectivity index (χ1) is 19.9. The standard InChI is InChI=1S/C32H39N5O3SSi/c1-18-24-26(21-14-16-23(17-15-21)33-22-12-10-9-11-13-22)34-25(19(2)31(38)39)29-36-35-20(3)37(29)30(24)41-27(18)28(32(4,5)6)40-42(7)8/h9-17,19,25,28,33,42H,1-8H3,(H,38,39)/t19-,25?,28?/m0/s1. The Hall–Kier alpha value is -3.60. The Balaban J connectivity index is 1.72. The first kappa shape index (κ1) is 29.9. The number of nitrogens with one attached hydrogen (secondary N) is 1. The monoisotopic (exact) mass is 601 g/mol.